The Morgan fingerprint density at radius 3 is 2.46 bits per heavy atom. The lowest BCUT2D eigenvalue weighted by molar-refractivity contribution is 0.174. The number of benzene rings is 2. The molecule has 0 aliphatic carbocycles. The third kappa shape index (κ3) is 3.68. The van der Waals surface area contributed by atoms with Gasteiger partial charge in [0, 0.05) is 13.7 Å². The lowest BCUT2D eigenvalue weighted by atomic mass is 10.3. The van der Waals surface area contributed by atoms with Gasteiger partial charge in [-0.15, -0.1) is 0 Å². The van der Waals surface area contributed by atoms with E-state index in [1.807, 2.05) is 42.5 Å². The molecule has 24 heavy (non-hydrogen) atoms. The van der Waals surface area contributed by atoms with Crippen molar-refractivity contribution in [2.45, 2.75) is 19.6 Å². The molecule has 5 heteroatoms. The van der Waals surface area contributed by atoms with Crippen LogP contribution in [0.1, 0.15) is 12.2 Å². The molecule has 0 spiro atoms. The van der Waals surface area contributed by atoms with Crippen molar-refractivity contribution in [1.82, 2.24) is 9.55 Å². The van der Waals surface area contributed by atoms with Crippen LogP contribution in [-0.4, -0.2) is 30.4 Å². The summed E-state index contributed by atoms with van der Waals surface area (Å²) in [6.45, 7) is 1.99. The molecule has 0 saturated heterocycles. The summed E-state index contributed by atoms with van der Waals surface area (Å²) in [7, 11) is 3.35. The van der Waals surface area contributed by atoms with Gasteiger partial charge in [0.1, 0.15) is 23.9 Å². The van der Waals surface area contributed by atoms with Crippen molar-refractivity contribution in [3.63, 3.8) is 0 Å². The van der Waals surface area contributed by atoms with Crippen LogP contribution in [0, 0.1) is 0 Å². The summed E-state index contributed by atoms with van der Waals surface area (Å²) >= 11 is 0. The van der Waals surface area contributed by atoms with E-state index in [0.29, 0.717) is 13.2 Å². The van der Waals surface area contributed by atoms with E-state index in [-0.39, 0.29) is 0 Å². The highest BCUT2D eigenvalue weighted by Gasteiger charge is 2.09. The minimum atomic E-state index is 0.508. The monoisotopic (exact) mass is 326 g/mol. The number of imidazole rings is 1. The molecule has 5 nitrogen and oxygen atoms in total. The Labute approximate surface area is 141 Å². The standard InChI is InChI=1S/C19H22N2O3/c1-22-14-19-20-17-6-3-4-7-18(17)21(19)12-5-13-24-16-10-8-15(23-2)9-11-16/h3-4,6-11H,5,12-14H2,1-2H3. The molecule has 0 fully saturated rings. The number of aromatic nitrogens is 2. The van der Waals surface area contributed by atoms with E-state index in [1.54, 1.807) is 14.2 Å². The first-order valence-corrected chi connectivity index (χ1v) is 8.02. The van der Waals surface area contributed by atoms with Crippen molar-refractivity contribution in [3.8, 4) is 11.5 Å². The number of hydrogen-bond acceptors (Lipinski definition) is 4. The molecule has 3 rings (SSSR count). The smallest absolute Gasteiger partial charge is 0.135 e. The average Bonchev–Trinajstić information content (AvgIpc) is 2.97. The second-order valence-electron chi connectivity index (χ2n) is 5.48. The zero-order valence-electron chi connectivity index (χ0n) is 14.1. The summed E-state index contributed by atoms with van der Waals surface area (Å²) in [6, 6.07) is 15.8. The van der Waals surface area contributed by atoms with Gasteiger partial charge >= 0.3 is 0 Å². The van der Waals surface area contributed by atoms with E-state index >= 15 is 0 Å². The van der Waals surface area contributed by atoms with Crippen LogP contribution in [0.3, 0.4) is 0 Å². The topological polar surface area (TPSA) is 45.5 Å². The highest BCUT2D eigenvalue weighted by atomic mass is 16.5. The molecular weight excluding hydrogens is 304 g/mol. The van der Waals surface area contributed by atoms with Crippen LogP contribution < -0.4 is 9.47 Å². The van der Waals surface area contributed by atoms with Crippen LogP contribution in [0.15, 0.2) is 48.5 Å². The van der Waals surface area contributed by atoms with Gasteiger partial charge in [-0.3, -0.25) is 0 Å². The number of rotatable bonds is 8. The molecule has 1 heterocycles. The van der Waals surface area contributed by atoms with Gasteiger partial charge in [-0.2, -0.15) is 0 Å². The molecular formula is C19H22N2O3. The van der Waals surface area contributed by atoms with Crippen molar-refractivity contribution < 1.29 is 14.2 Å². The fourth-order valence-electron chi connectivity index (χ4n) is 2.70. The van der Waals surface area contributed by atoms with Crippen molar-refractivity contribution >= 4 is 11.0 Å². The summed E-state index contributed by atoms with van der Waals surface area (Å²) in [6.07, 6.45) is 0.892. The molecule has 0 unspecified atom stereocenters. The van der Waals surface area contributed by atoms with Gasteiger partial charge in [-0.25, -0.2) is 4.98 Å². The van der Waals surface area contributed by atoms with Gasteiger partial charge in [0.15, 0.2) is 0 Å². The molecule has 0 saturated carbocycles. The molecule has 1 aromatic heterocycles. The number of methoxy groups -OCH3 is 2. The molecule has 0 atom stereocenters. The summed E-state index contributed by atoms with van der Waals surface area (Å²) < 4.78 is 18.4. The van der Waals surface area contributed by atoms with Gasteiger partial charge in [-0.05, 0) is 42.8 Å². The fourth-order valence-corrected chi connectivity index (χ4v) is 2.70. The van der Waals surface area contributed by atoms with Crippen LogP contribution in [0.5, 0.6) is 11.5 Å². The number of aryl methyl sites for hydroxylation is 1. The van der Waals surface area contributed by atoms with Crippen LogP contribution >= 0.6 is 0 Å². The SMILES string of the molecule is COCc1nc2ccccc2n1CCCOc1ccc(OC)cc1. The maximum atomic E-state index is 5.80. The summed E-state index contributed by atoms with van der Waals surface area (Å²) in [5, 5.41) is 0. The van der Waals surface area contributed by atoms with Crippen LogP contribution in [-0.2, 0) is 17.9 Å². The third-order valence-corrected chi connectivity index (χ3v) is 3.86. The van der Waals surface area contributed by atoms with Crippen molar-refractivity contribution in [1.29, 1.82) is 0 Å². The molecule has 0 bridgehead atoms. The summed E-state index contributed by atoms with van der Waals surface area (Å²) in [4.78, 5) is 4.64. The first-order chi connectivity index (χ1) is 11.8. The van der Waals surface area contributed by atoms with Crippen molar-refractivity contribution in [2.75, 3.05) is 20.8 Å². The predicted octanol–water partition coefficient (Wildman–Crippen LogP) is 3.66. The van der Waals surface area contributed by atoms with E-state index in [2.05, 4.69) is 15.6 Å². The quantitative estimate of drug-likeness (QED) is 0.593. The zero-order chi connectivity index (χ0) is 16.8. The lowest BCUT2D eigenvalue weighted by Gasteiger charge is -2.10. The predicted molar refractivity (Wildman–Crippen MR) is 93.6 cm³/mol. The Hall–Kier alpha value is -2.53. The van der Waals surface area contributed by atoms with E-state index in [1.165, 1.54) is 0 Å². The number of nitrogens with zero attached hydrogens (tertiary/aromatic N) is 2. The number of ether oxygens (including phenoxy) is 3. The first kappa shape index (κ1) is 16.3. The van der Waals surface area contributed by atoms with E-state index < -0.39 is 0 Å². The van der Waals surface area contributed by atoms with Gasteiger partial charge in [0.2, 0.25) is 0 Å². The minimum absolute atomic E-state index is 0.508. The number of hydrogen-bond donors (Lipinski definition) is 0. The maximum absolute atomic E-state index is 5.80. The molecule has 0 N–H and O–H groups in total. The Balaban J connectivity index is 1.61. The van der Waals surface area contributed by atoms with E-state index in [9.17, 15) is 0 Å². The Kier molecular flexibility index (Phi) is 5.33. The van der Waals surface area contributed by atoms with Gasteiger partial charge in [0.25, 0.3) is 0 Å². The molecule has 0 radical (unpaired) electrons. The summed E-state index contributed by atoms with van der Waals surface area (Å²) in [5.74, 6) is 2.63. The van der Waals surface area contributed by atoms with Crippen molar-refractivity contribution in [3.05, 3.63) is 54.4 Å². The second-order valence-corrected chi connectivity index (χ2v) is 5.48. The van der Waals surface area contributed by atoms with Crippen LogP contribution in [0.2, 0.25) is 0 Å². The van der Waals surface area contributed by atoms with Crippen LogP contribution in [0.4, 0.5) is 0 Å². The summed E-state index contributed by atoms with van der Waals surface area (Å²) in [5.41, 5.74) is 2.13. The number of fused-ring (bicyclic) bond motifs is 1. The fraction of sp³-hybridized carbons (Fsp3) is 0.316. The molecule has 3 aromatic rings. The second kappa shape index (κ2) is 7.84. The Bertz CT molecular complexity index is 781. The van der Waals surface area contributed by atoms with Gasteiger partial charge in [-0.1, -0.05) is 12.1 Å². The molecule has 0 aliphatic rings. The number of para-hydroxylation sites is 2. The minimum Gasteiger partial charge on any atom is -0.497 e. The molecule has 0 amide bonds. The molecule has 0 aliphatic heterocycles. The first-order valence-electron chi connectivity index (χ1n) is 8.02. The van der Waals surface area contributed by atoms with E-state index in [4.69, 9.17) is 14.2 Å². The maximum Gasteiger partial charge on any atom is 0.135 e. The zero-order valence-corrected chi connectivity index (χ0v) is 14.1. The lowest BCUT2D eigenvalue weighted by Crippen LogP contribution is -2.08. The average molecular weight is 326 g/mol. The largest absolute Gasteiger partial charge is 0.497 e. The Morgan fingerprint density at radius 2 is 1.71 bits per heavy atom. The highest BCUT2D eigenvalue weighted by molar-refractivity contribution is 5.75. The third-order valence-electron chi connectivity index (χ3n) is 3.86. The highest BCUT2D eigenvalue weighted by Crippen LogP contribution is 2.19. The van der Waals surface area contributed by atoms with Gasteiger partial charge in [0.05, 0.1) is 24.8 Å². The molecule has 126 valence electrons. The Morgan fingerprint density at radius 1 is 0.958 bits per heavy atom. The molecule has 2 aromatic carbocycles. The van der Waals surface area contributed by atoms with Crippen molar-refractivity contribution in [2.24, 2.45) is 0 Å². The normalized spacial score (nSPS) is 10.9. The van der Waals surface area contributed by atoms with Crippen LogP contribution in [0.25, 0.3) is 11.0 Å². The van der Waals surface area contributed by atoms with Gasteiger partial charge < -0.3 is 18.8 Å². The van der Waals surface area contributed by atoms with E-state index in [0.717, 1.165) is 41.3 Å².